The van der Waals surface area contributed by atoms with Crippen LogP contribution in [0, 0.1) is 9.52 Å². The number of ether oxygens (including phenoxy) is 1. The van der Waals surface area contributed by atoms with Crippen LogP contribution in [0.2, 0.25) is 10.0 Å². The van der Waals surface area contributed by atoms with Gasteiger partial charge >= 0.3 is 0 Å². The summed E-state index contributed by atoms with van der Waals surface area (Å²) in [6, 6.07) is 3.02. The number of pyridine rings is 1. The lowest BCUT2D eigenvalue weighted by molar-refractivity contribution is 0.226. The third kappa shape index (κ3) is 2.87. The number of aromatic nitrogens is 3. The molecule has 2 heterocycles. The van der Waals surface area contributed by atoms with Crippen molar-refractivity contribution in [1.82, 2.24) is 15.2 Å². The maximum Gasteiger partial charge on any atom is 0.155 e. The first-order valence-corrected chi connectivity index (χ1v) is 8.09. The Morgan fingerprint density at radius 3 is 2.64 bits per heavy atom. The lowest BCUT2D eigenvalue weighted by Gasteiger charge is -2.17. The van der Waals surface area contributed by atoms with Gasteiger partial charge in [0, 0.05) is 29.4 Å². The summed E-state index contributed by atoms with van der Waals surface area (Å²) in [5.41, 5.74) is 0.894. The zero-order valence-electron chi connectivity index (χ0n) is 11.2. The Kier molecular flexibility index (Phi) is 4.42. The molecule has 114 valence electrons. The largest absolute Gasteiger partial charge is 0.486 e. The molecule has 0 aliphatic carbocycles. The lowest BCUT2D eigenvalue weighted by Crippen LogP contribution is -2.05. The minimum Gasteiger partial charge on any atom is -0.486 e. The van der Waals surface area contributed by atoms with Gasteiger partial charge in [-0.3, -0.25) is 10.1 Å². The van der Waals surface area contributed by atoms with E-state index in [9.17, 15) is 4.39 Å². The standard InChI is InChI=1S/C14H9Cl2FIN3O/c1-6(12-9(15)4-19-5-10(12)16)22-7-2-8-13(11(17)3-7)20-21-14(8)18/h2-6H,1H3,(H,20,21)/t6-/m1/s1. The van der Waals surface area contributed by atoms with Crippen LogP contribution in [0.4, 0.5) is 4.39 Å². The highest BCUT2D eigenvalue weighted by Gasteiger charge is 2.18. The third-order valence-electron chi connectivity index (χ3n) is 3.15. The second-order valence-corrected chi connectivity index (χ2v) is 6.51. The molecule has 0 amide bonds. The summed E-state index contributed by atoms with van der Waals surface area (Å²) in [4.78, 5) is 3.90. The molecule has 0 spiro atoms. The van der Waals surface area contributed by atoms with Crippen molar-refractivity contribution in [2.45, 2.75) is 13.0 Å². The Morgan fingerprint density at radius 2 is 1.95 bits per heavy atom. The number of nitrogens with zero attached hydrogens (tertiary/aromatic N) is 2. The number of aromatic amines is 1. The number of hydrogen-bond acceptors (Lipinski definition) is 3. The van der Waals surface area contributed by atoms with E-state index >= 15 is 0 Å². The molecular formula is C14H9Cl2FIN3O. The highest BCUT2D eigenvalue weighted by Crippen LogP contribution is 2.34. The van der Waals surface area contributed by atoms with Crippen LogP contribution in [0.15, 0.2) is 24.5 Å². The maximum atomic E-state index is 14.0. The Labute approximate surface area is 149 Å². The van der Waals surface area contributed by atoms with Crippen LogP contribution in [0.3, 0.4) is 0 Å². The van der Waals surface area contributed by atoms with Gasteiger partial charge in [-0.15, -0.1) is 0 Å². The van der Waals surface area contributed by atoms with E-state index in [1.54, 1.807) is 13.0 Å². The molecular weight excluding hydrogens is 443 g/mol. The fraction of sp³-hybridized carbons (Fsp3) is 0.143. The van der Waals surface area contributed by atoms with E-state index in [4.69, 9.17) is 27.9 Å². The molecule has 8 heteroatoms. The molecule has 1 aromatic carbocycles. The van der Waals surface area contributed by atoms with Gasteiger partial charge in [-0.2, -0.15) is 5.10 Å². The number of rotatable bonds is 3. The zero-order chi connectivity index (χ0) is 15.9. The summed E-state index contributed by atoms with van der Waals surface area (Å²) in [7, 11) is 0. The smallest absolute Gasteiger partial charge is 0.155 e. The molecule has 0 fully saturated rings. The number of fused-ring (bicyclic) bond motifs is 1. The average Bonchev–Trinajstić information content (AvgIpc) is 2.81. The minimum absolute atomic E-state index is 0.282. The van der Waals surface area contributed by atoms with Gasteiger partial charge in [-0.25, -0.2) is 4.39 Å². The van der Waals surface area contributed by atoms with Gasteiger partial charge in [-0.05, 0) is 35.6 Å². The van der Waals surface area contributed by atoms with Crippen LogP contribution in [-0.2, 0) is 0 Å². The van der Waals surface area contributed by atoms with Gasteiger partial charge in [0.05, 0.1) is 10.0 Å². The summed E-state index contributed by atoms with van der Waals surface area (Å²) in [6.45, 7) is 1.79. The van der Waals surface area contributed by atoms with Crippen molar-refractivity contribution in [1.29, 1.82) is 0 Å². The van der Waals surface area contributed by atoms with Gasteiger partial charge in [0.1, 0.15) is 21.1 Å². The van der Waals surface area contributed by atoms with Gasteiger partial charge < -0.3 is 4.74 Å². The van der Waals surface area contributed by atoms with E-state index in [0.717, 1.165) is 3.70 Å². The molecule has 4 nitrogen and oxygen atoms in total. The number of benzene rings is 1. The van der Waals surface area contributed by atoms with Crippen LogP contribution in [0.1, 0.15) is 18.6 Å². The summed E-state index contributed by atoms with van der Waals surface area (Å²) >= 11 is 14.3. The highest BCUT2D eigenvalue weighted by atomic mass is 127. The monoisotopic (exact) mass is 451 g/mol. The van der Waals surface area contributed by atoms with E-state index in [-0.39, 0.29) is 5.52 Å². The van der Waals surface area contributed by atoms with E-state index < -0.39 is 11.9 Å². The predicted molar refractivity (Wildman–Crippen MR) is 92.1 cm³/mol. The second kappa shape index (κ2) is 6.17. The van der Waals surface area contributed by atoms with Crippen LogP contribution in [0.25, 0.3) is 10.9 Å². The quantitative estimate of drug-likeness (QED) is 0.560. The molecule has 0 radical (unpaired) electrons. The molecule has 0 aliphatic rings. The van der Waals surface area contributed by atoms with Gasteiger partial charge in [0.15, 0.2) is 5.82 Å². The van der Waals surface area contributed by atoms with Crippen LogP contribution in [0.5, 0.6) is 5.75 Å². The van der Waals surface area contributed by atoms with E-state index in [2.05, 4.69) is 37.8 Å². The Bertz CT molecular complexity index is 835. The van der Waals surface area contributed by atoms with Crippen molar-refractivity contribution < 1.29 is 9.13 Å². The fourth-order valence-electron chi connectivity index (χ4n) is 2.16. The van der Waals surface area contributed by atoms with E-state index in [0.29, 0.717) is 26.7 Å². The molecule has 0 aliphatic heterocycles. The van der Waals surface area contributed by atoms with Crippen molar-refractivity contribution in [3.8, 4) is 5.75 Å². The van der Waals surface area contributed by atoms with Crippen molar-refractivity contribution in [2.24, 2.45) is 0 Å². The van der Waals surface area contributed by atoms with E-state index in [1.165, 1.54) is 18.5 Å². The maximum absolute atomic E-state index is 14.0. The molecule has 0 saturated carbocycles. The number of H-pyrrole nitrogens is 1. The van der Waals surface area contributed by atoms with Gasteiger partial charge in [0.2, 0.25) is 0 Å². The molecule has 1 atom stereocenters. The lowest BCUT2D eigenvalue weighted by atomic mass is 10.1. The molecule has 1 N–H and O–H groups in total. The molecule has 22 heavy (non-hydrogen) atoms. The van der Waals surface area contributed by atoms with Gasteiger partial charge in [-0.1, -0.05) is 23.2 Å². The fourth-order valence-corrected chi connectivity index (χ4v) is 3.36. The summed E-state index contributed by atoms with van der Waals surface area (Å²) < 4.78 is 20.6. The molecule has 3 aromatic rings. The topological polar surface area (TPSA) is 50.8 Å². The SMILES string of the molecule is C[C@@H](Oc1cc(F)c2n[nH]c(I)c2c1)c1c(Cl)cncc1Cl. The predicted octanol–water partition coefficient (Wildman–Crippen LogP) is 5.15. The van der Waals surface area contributed by atoms with Crippen molar-refractivity contribution >= 4 is 56.7 Å². The molecule has 0 saturated heterocycles. The summed E-state index contributed by atoms with van der Waals surface area (Å²) in [5.74, 6) is -0.0773. The molecule has 2 aromatic heterocycles. The summed E-state index contributed by atoms with van der Waals surface area (Å²) in [6.07, 6.45) is 2.53. The highest BCUT2D eigenvalue weighted by molar-refractivity contribution is 14.1. The van der Waals surface area contributed by atoms with E-state index in [1.807, 2.05) is 0 Å². The van der Waals surface area contributed by atoms with Crippen molar-refractivity contribution in [2.75, 3.05) is 0 Å². The minimum atomic E-state index is -0.454. The Morgan fingerprint density at radius 1 is 1.27 bits per heavy atom. The first-order chi connectivity index (χ1) is 10.5. The summed E-state index contributed by atoms with van der Waals surface area (Å²) in [5, 5.41) is 8.12. The van der Waals surface area contributed by atoms with Crippen LogP contribution < -0.4 is 4.74 Å². The Hall–Kier alpha value is -1.12. The zero-order valence-corrected chi connectivity index (χ0v) is 14.9. The van der Waals surface area contributed by atoms with Crippen molar-refractivity contribution in [3.05, 3.63) is 49.7 Å². The number of nitrogens with one attached hydrogen (secondary N) is 1. The first-order valence-electron chi connectivity index (χ1n) is 6.26. The van der Waals surface area contributed by atoms with Gasteiger partial charge in [0.25, 0.3) is 0 Å². The van der Waals surface area contributed by atoms with Crippen LogP contribution in [-0.4, -0.2) is 15.2 Å². The number of hydrogen-bond donors (Lipinski definition) is 1. The molecule has 3 rings (SSSR count). The molecule has 0 bridgehead atoms. The second-order valence-electron chi connectivity index (χ2n) is 4.62. The Balaban J connectivity index is 1.97. The molecule has 0 unspecified atom stereocenters. The van der Waals surface area contributed by atoms with Crippen molar-refractivity contribution in [3.63, 3.8) is 0 Å². The number of halogens is 4. The third-order valence-corrected chi connectivity index (χ3v) is 4.57. The normalized spacial score (nSPS) is 12.6. The van der Waals surface area contributed by atoms with Crippen LogP contribution >= 0.6 is 45.8 Å². The first kappa shape index (κ1) is 15.8. The average molecular weight is 452 g/mol.